The summed E-state index contributed by atoms with van der Waals surface area (Å²) in [5.74, 6) is 0. The molecular formula is C9H18O2. The predicted molar refractivity (Wildman–Crippen MR) is 46.4 cm³/mol. The zero-order valence-corrected chi connectivity index (χ0v) is 7.21. The summed E-state index contributed by atoms with van der Waals surface area (Å²) in [6, 6.07) is 0. The van der Waals surface area contributed by atoms with Gasteiger partial charge in [-0.05, 0) is 19.8 Å². The first-order valence-electron chi connectivity index (χ1n) is 4.12. The number of hydrogen-bond donors (Lipinski definition) is 2. The third-order valence-corrected chi connectivity index (χ3v) is 1.70. The fraction of sp³-hybridized carbons (Fsp3) is 0.778. The highest BCUT2D eigenvalue weighted by Crippen LogP contribution is 2.08. The molecule has 1 atom stereocenters. The Balaban J connectivity index is 3.17. The van der Waals surface area contributed by atoms with Crippen molar-refractivity contribution in [2.45, 2.75) is 38.7 Å². The molecule has 0 saturated heterocycles. The molecule has 1 unspecified atom stereocenters. The minimum absolute atomic E-state index is 0.253. The molecule has 0 aromatic carbocycles. The summed E-state index contributed by atoms with van der Waals surface area (Å²) in [4.78, 5) is 0. The Bertz CT molecular complexity index is 110. The minimum atomic E-state index is -0.353. The molecule has 0 aliphatic carbocycles. The van der Waals surface area contributed by atoms with E-state index in [1.54, 1.807) is 0 Å². The zero-order valence-electron chi connectivity index (χ0n) is 7.21. The molecule has 0 aliphatic rings. The molecule has 2 nitrogen and oxygen atoms in total. The molecule has 2 N–H and O–H groups in total. The molecule has 0 radical (unpaired) electrons. The van der Waals surface area contributed by atoms with E-state index in [2.05, 4.69) is 6.58 Å². The van der Waals surface area contributed by atoms with Crippen LogP contribution in [0.4, 0.5) is 0 Å². The van der Waals surface area contributed by atoms with E-state index in [0.717, 1.165) is 31.3 Å². The molecule has 0 fully saturated rings. The van der Waals surface area contributed by atoms with Crippen molar-refractivity contribution < 1.29 is 10.2 Å². The Morgan fingerprint density at radius 1 is 1.36 bits per heavy atom. The lowest BCUT2D eigenvalue weighted by atomic mass is 10.1. The van der Waals surface area contributed by atoms with Gasteiger partial charge in [-0.3, -0.25) is 0 Å². The predicted octanol–water partition coefficient (Wildman–Crippen LogP) is 1.48. The highest BCUT2D eigenvalue weighted by molar-refractivity contribution is 4.96. The van der Waals surface area contributed by atoms with Crippen LogP contribution in [0.25, 0.3) is 0 Å². The summed E-state index contributed by atoms with van der Waals surface area (Å²) >= 11 is 0. The zero-order chi connectivity index (χ0) is 8.69. The van der Waals surface area contributed by atoms with E-state index in [0.29, 0.717) is 0 Å². The van der Waals surface area contributed by atoms with E-state index in [-0.39, 0.29) is 12.7 Å². The van der Waals surface area contributed by atoms with Gasteiger partial charge in [-0.15, -0.1) is 0 Å². The van der Waals surface area contributed by atoms with Gasteiger partial charge in [-0.25, -0.2) is 0 Å². The van der Waals surface area contributed by atoms with Gasteiger partial charge in [-0.1, -0.05) is 25.0 Å². The Morgan fingerprint density at radius 2 is 2.00 bits per heavy atom. The second-order valence-corrected chi connectivity index (χ2v) is 2.94. The van der Waals surface area contributed by atoms with Crippen LogP contribution in [0.3, 0.4) is 0 Å². The third-order valence-electron chi connectivity index (χ3n) is 1.70. The summed E-state index contributed by atoms with van der Waals surface area (Å²) in [5, 5.41) is 17.7. The number of unbranched alkanes of at least 4 members (excludes halogenated alkanes) is 2. The number of hydrogen-bond acceptors (Lipinski definition) is 2. The number of aliphatic hydroxyl groups is 2. The second-order valence-electron chi connectivity index (χ2n) is 2.94. The van der Waals surface area contributed by atoms with Crippen molar-refractivity contribution in [3.63, 3.8) is 0 Å². The summed E-state index contributed by atoms with van der Waals surface area (Å²) in [7, 11) is 0. The van der Waals surface area contributed by atoms with Crippen molar-refractivity contribution in [3.8, 4) is 0 Å². The Kier molecular flexibility index (Phi) is 6.18. The summed E-state index contributed by atoms with van der Waals surface area (Å²) in [5.41, 5.74) is 0.828. The fourth-order valence-electron chi connectivity index (χ4n) is 0.873. The van der Waals surface area contributed by atoms with Crippen LogP contribution in [-0.2, 0) is 0 Å². The molecule has 0 aromatic heterocycles. The van der Waals surface area contributed by atoms with Crippen LogP contribution in [0.1, 0.15) is 32.6 Å². The molecule has 2 heteroatoms. The monoisotopic (exact) mass is 158 g/mol. The quantitative estimate of drug-likeness (QED) is 0.454. The average molecular weight is 158 g/mol. The molecule has 0 saturated carbocycles. The summed E-state index contributed by atoms with van der Waals surface area (Å²) in [6.07, 6.45) is 3.21. The van der Waals surface area contributed by atoms with Gasteiger partial charge in [0.1, 0.15) is 0 Å². The first kappa shape index (κ1) is 10.7. The van der Waals surface area contributed by atoms with Gasteiger partial charge in [0.05, 0.1) is 6.10 Å². The molecule has 0 bridgehead atoms. The lowest BCUT2D eigenvalue weighted by molar-refractivity contribution is 0.194. The average Bonchev–Trinajstić information content (AvgIpc) is 1.97. The van der Waals surface area contributed by atoms with Crippen molar-refractivity contribution in [3.05, 3.63) is 12.2 Å². The van der Waals surface area contributed by atoms with Gasteiger partial charge in [-0.2, -0.15) is 0 Å². The molecule has 66 valence electrons. The van der Waals surface area contributed by atoms with Crippen molar-refractivity contribution >= 4 is 0 Å². The first-order valence-corrected chi connectivity index (χ1v) is 4.12. The normalized spacial score (nSPS) is 13.0. The maximum atomic E-state index is 9.26. The lowest BCUT2D eigenvalue weighted by Gasteiger charge is -2.08. The fourth-order valence-corrected chi connectivity index (χ4v) is 0.873. The van der Waals surface area contributed by atoms with E-state index in [1.165, 1.54) is 0 Å². The Morgan fingerprint density at radius 3 is 2.45 bits per heavy atom. The largest absolute Gasteiger partial charge is 0.396 e. The topological polar surface area (TPSA) is 40.5 Å². The van der Waals surface area contributed by atoms with Crippen LogP contribution in [0.2, 0.25) is 0 Å². The van der Waals surface area contributed by atoms with Gasteiger partial charge in [0.2, 0.25) is 0 Å². The van der Waals surface area contributed by atoms with Crippen molar-refractivity contribution in [1.29, 1.82) is 0 Å². The smallest absolute Gasteiger partial charge is 0.0744 e. The molecule has 0 rings (SSSR count). The summed E-state index contributed by atoms with van der Waals surface area (Å²) in [6.45, 7) is 5.74. The van der Waals surface area contributed by atoms with Gasteiger partial charge >= 0.3 is 0 Å². The van der Waals surface area contributed by atoms with Gasteiger partial charge in [0.15, 0.2) is 0 Å². The van der Waals surface area contributed by atoms with Crippen LogP contribution in [0, 0.1) is 0 Å². The number of rotatable bonds is 6. The van der Waals surface area contributed by atoms with Gasteiger partial charge in [0.25, 0.3) is 0 Å². The SMILES string of the molecule is C=C(C)C(O)CCCCCO. The first-order chi connectivity index (χ1) is 5.18. The Hall–Kier alpha value is -0.340. The van der Waals surface area contributed by atoms with E-state index >= 15 is 0 Å². The van der Waals surface area contributed by atoms with Gasteiger partial charge in [0, 0.05) is 6.61 Å². The highest BCUT2D eigenvalue weighted by atomic mass is 16.3. The molecule has 0 aliphatic heterocycles. The van der Waals surface area contributed by atoms with Crippen molar-refractivity contribution in [1.82, 2.24) is 0 Å². The maximum Gasteiger partial charge on any atom is 0.0744 e. The van der Waals surface area contributed by atoms with Crippen LogP contribution in [-0.4, -0.2) is 22.9 Å². The molecule has 11 heavy (non-hydrogen) atoms. The minimum Gasteiger partial charge on any atom is -0.396 e. The van der Waals surface area contributed by atoms with Crippen LogP contribution >= 0.6 is 0 Å². The molecule has 0 amide bonds. The van der Waals surface area contributed by atoms with Crippen LogP contribution in [0.5, 0.6) is 0 Å². The van der Waals surface area contributed by atoms with E-state index < -0.39 is 0 Å². The van der Waals surface area contributed by atoms with Crippen LogP contribution in [0.15, 0.2) is 12.2 Å². The molecule has 0 heterocycles. The van der Waals surface area contributed by atoms with Crippen LogP contribution < -0.4 is 0 Å². The third kappa shape index (κ3) is 6.07. The van der Waals surface area contributed by atoms with Crippen molar-refractivity contribution in [2.24, 2.45) is 0 Å². The Labute approximate surface area is 68.6 Å². The van der Waals surface area contributed by atoms with E-state index in [9.17, 15) is 5.11 Å². The standard InChI is InChI=1S/C9H18O2/c1-8(2)9(11)6-4-3-5-7-10/h9-11H,1,3-7H2,2H3. The molecular weight excluding hydrogens is 140 g/mol. The molecule has 0 aromatic rings. The lowest BCUT2D eigenvalue weighted by Crippen LogP contribution is -2.06. The second kappa shape index (κ2) is 6.38. The number of aliphatic hydroxyl groups excluding tert-OH is 2. The van der Waals surface area contributed by atoms with Gasteiger partial charge < -0.3 is 10.2 Å². The van der Waals surface area contributed by atoms with E-state index in [1.807, 2.05) is 6.92 Å². The molecule has 0 spiro atoms. The van der Waals surface area contributed by atoms with E-state index in [4.69, 9.17) is 5.11 Å². The van der Waals surface area contributed by atoms with Crippen molar-refractivity contribution in [2.75, 3.05) is 6.61 Å². The highest BCUT2D eigenvalue weighted by Gasteiger charge is 2.02. The maximum absolute atomic E-state index is 9.26. The summed E-state index contributed by atoms with van der Waals surface area (Å²) < 4.78 is 0.